The van der Waals surface area contributed by atoms with E-state index in [4.69, 9.17) is 4.74 Å². The number of hydrogen-bond acceptors (Lipinski definition) is 2. The minimum Gasteiger partial charge on any atom is -0.378 e. The Morgan fingerprint density at radius 2 is 2.12 bits per heavy atom. The van der Waals surface area contributed by atoms with Crippen LogP contribution in [0.4, 0.5) is 0 Å². The maximum atomic E-state index is 5.56. The molecular weight excluding hydrogens is 212 g/mol. The first-order chi connectivity index (χ1) is 8.11. The smallest absolute Gasteiger partial charge is 0.0604 e. The van der Waals surface area contributed by atoms with Gasteiger partial charge in [-0.1, -0.05) is 0 Å². The zero-order valence-electron chi connectivity index (χ0n) is 11.4. The molecule has 1 aromatic rings. The van der Waals surface area contributed by atoms with Gasteiger partial charge in [0.15, 0.2) is 0 Å². The molecule has 0 radical (unpaired) electrons. The van der Waals surface area contributed by atoms with Crippen molar-refractivity contribution in [3.63, 3.8) is 0 Å². The van der Waals surface area contributed by atoms with Gasteiger partial charge in [-0.2, -0.15) is 0 Å². The number of nitrogens with one attached hydrogen (secondary N) is 1. The van der Waals surface area contributed by atoms with Crippen molar-refractivity contribution in [2.75, 3.05) is 6.61 Å². The van der Waals surface area contributed by atoms with Crippen LogP contribution in [0.5, 0.6) is 0 Å². The van der Waals surface area contributed by atoms with Gasteiger partial charge in [0.25, 0.3) is 0 Å². The molecule has 0 unspecified atom stereocenters. The molecule has 1 aliphatic carbocycles. The van der Waals surface area contributed by atoms with Crippen LogP contribution in [0.3, 0.4) is 0 Å². The van der Waals surface area contributed by atoms with E-state index < -0.39 is 0 Å². The molecule has 0 aliphatic heterocycles. The van der Waals surface area contributed by atoms with Crippen LogP contribution in [0, 0.1) is 13.8 Å². The van der Waals surface area contributed by atoms with Crippen LogP contribution in [0.15, 0.2) is 6.07 Å². The molecule has 1 N–H and O–H groups in total. The Kier molecular flexibility index (Phi) is 3.89. The van der Waals surface area contributed by atoms with Gasteiger partial charge >= 0.3 is 0 Å². The highest BCUT2D eigenvalue weighted by molar-refractivity contribution is 5.26. The fourth-order valence-electron chi connectivity index (χ4n) is 2.47. The summed E-state index contributed by atoms with van der Waals surface area (Å²) in [6.45, 7) is 8.24. The summed E-state index contributed by atoms with van der Waals surface area (Å²) in [4.78, 5) is 0. The molecule has 0 bridgehead atoms. The standard InChI is InChI=1S/C14H24N2O/c1-5-17-14-7-13(8-14)15-9-12-6-10(2)16(4)11(12)3/h6,13-15H,5,7-9H2,1-4H3. The van der Waals surface area contributed by atoms with Crippen LogP contribution in [0.2, 0.25) is 0 Å². The van der Waals surface area contributed by atoms with Crippen molar-refractivity contribution in [3.8, 4) is 0 Å². The van der Waals surface area contributed by atoms with Crippen LogP contribution < -0.4 is 5.32 Å². The van der Waals surface area contributed by atoms with Gasteiger partial charge in [-0.25, -0.2) is 0 Å². The number of aryl methyl sites for hydroxylation is 1. The summed E-state index contributed by atoms with van der Waals surface area (Å²) in [5.74, 6) is 0. The van der Waals surface area contributed by atoms with Crippen molar-refractivity contribution in [2.45, 2.75) is 52.3 Å². The second kappa shape index (κ2) is 5.23. The molecule has 2 rings (SSSR count). The molecule has 0 amide bonds. The predicted octanol–water partition coefficient (Wildman–Crippen LogP) is 2.30. The molecule has 1 aromatic heterocycles. The average Bonchev–Trinajstić information content (AvgIpc) is 2.49. The number of nitrogens with zero attached hydrogens (tertiary/aromatic N) is 1. The van der Waals surface area contributed by atoms with E-state index in [-0.39, 0.29) is 0 Å². The van der Waals surface area contributed by atoms with Gasteiger partial charge in [-0.05, 0) is 45.2 Å². The predicted molar refractivity (Wildman–Crippen MR) is 70.2 cm³/mol. The lowest BCUT2D eigenvalue weighted by molar-refractivity contribution is -0.0102. The Morgan fingerprint density at radius 3 is 2.65 bits per heavy atom. The number of hydrogen-bond donors (Lipinski definition) is 1. The number of rotatable bonds is 5. The largest absolute Gasteiger partial charge is 0.378 e. The molecule has 17 heavy (non-hydrogen) atoms. The molecule has 96 valence electrons. The van der Waals surface area contributed by atoms with Crippen molar-refractivity contribution in [1.29, 1.82) is 0 Å². The molecule has 1 heterocycles. The van der Waals surface area contributed by atoms with E-state index in [0.29, 0.717) is 12.1 Å². The average molecular weight is 236 g/mol. The van der Waals surface area contributed by atoms with Crippen molar-refractivity contribution < 1.29 is 4.74 Å². The van der Waals surface area contributed by atoms with Crippen molar-refractivity contribution >= 4 is 0 Å². The highest BCUT2D eigenvalue weighted by atomic mass is 16.5. The third-order valence-corrected chi connectivity index (χ3v) is 3.96. The summed E-state index contributed by atoms with van der Waals surface area (Å²) in [7, 11) is 2.13. The quantitative estimate of drug-likeness (QED) is 0.849. The lowest BCUT2D eigenvalue weighted by Crippen LogP contribution is -2.45. The fraction of sp³-hybridized carbons (Fsp3) is 0.714. The molecule has 1 fully saturated rings. The van der Waals surface area contributed by atoms with Gasteiger partial charge in [0, 0.05) is 37.6 Å². The minimum absolute atomic E-state index is 0.496. The van der Waals surface area contributed by atoms with Crippen molar-refractivity contribution in [3.05, 3.63) is 23.0 Å². The van der Waals surface area contributed by atoms with Crippen LogP contribution >= 0.6 is 0 Å². The highest BCUT2D eigenvalue weighted by Gasteiger charge is 2.28. The van der Waals surface area contributed by atoms with Gasteiger partial charge in [0.1, 0.15) is 0 Å². The second-order valence-corrected chi connectivity index (χ2v) is 5.08. The number of aromatic nitrogens is 1. The summed E-state index contributed by atoms with van der Waals surface area (Å²) in [5, 5.41) is 3.61. The highest BCUT2D eigenvalue weighted by Crippen LogP contribution is 2.24. The molecule has 1 saturated carbocycles. The van der Waals surface area contributed by atoms with Gasteiger partial charge in [-0.3, -0.25) is 0 Å². The molecule has 3 heteroatoms. The van der Waals surface area contributed by atoms with Crippen LogP contribution in [-0.2, 0) is 18.3 Å². The first kappa shape index (κ1) is 12.7. The zero-order chi connectivity index (χ0) is 12.4. The van der Waals surface area contributed by atoms with E-state index in [0.717, 1.165) is 13.2 Å². The Morgan fingerprint density at radius 1 is 1.41 bits per heavy atom. The second-order valence-electron chi connectivity index (χ2n) is 5.08. The van der Waals surface area contributed by atoms with E-state index in [1.54, 1.807) is 0 Å². The zero-order valence-corrected chi connectivity index (χ0v) is 11.4. The summed E-state index contributed by atoms with van der Waals surface area (Å²) in [5.41, 5.74) is 4.13. The normalized spacial score (nSPS) is 23.8. The molecule has 3 nitrogen and oxygen atoms in total. The van der Waals surface area contributed by atoms with Gasteiger partial charge < -0.3 is 14.6 Å². The van der Waals surface area contributed by atoms with Crippen molar-refractivity contribution in [2.24, 2.45) is 7.05 Å². The fourth-order valence-corrected chi connectivity index (χ4v) is 2.47. The van der Waals surface area contributed by atoms with E-state index in [2.05, 4.69) is 43.8 Å². The first-order valence-electron chi connectivity index (χ1n) is 6.58. The number of ether oxygens (including phenoxy) is 1. The van der Waals surface area contributed by atoms with E-state index in [9.17, 15) is 0 Å². The Bertz CT molecular complexity index is 378. The summed E-state index contributed by atoms with van der Waals surface area (Å²) in [6, 6.07) is 2.92. The Balaban J connectivity index is 1.78. The van der Waals surface area contributed by atoms with Gasteiger partial charge in [0.2, 0.25) is 0 Å². The lowest BCUT2D eigenvalue weighted by Gasteiger charge is -2.35. The molecule has 1 aliphatic rings. The lowest BCUT2D eigenvalue weighted by atomic mass is 9.89. The maximum absolute atomic E-state index is 5.56. The summed E-state index contributed by atoms with van der Waals surface area (Å²) < 4.78 is 7.81. The van der Waals surface area contributed by atoms with Crippen LogP contribution in [0.25, 0.3) is 0 Å². The van der Waals surface area contributed by atoms with Gasteiger partial charge in [0.05, 0.1) is 6.10 Å². The Labute approximate surface area is 104 Å². The summed E-state index contributed by atoms with van der Waals surface area (Å²) in [6.07, 6.45) is 2.83. The van der Waals surface area contributed by atoms with Gasteiger partial charge in [-0.15, -0.1) is 0 Å². The molecular formula is C14H24N2O. The topological polar surface area (TPSA) is 26.2 Å². The molecule has 0 aromatic carbocycles. The van der Waals surface area contributed by atoms with E-state index in [1.165, 1.54) is 29.8 Å². The third kappa shape index (κ3) is 2.72. The molecule has 0 spiro atoms. The maximum Gasteiger partial charge on any atom is 0.0604 e. The molecule has 0 atom stereocenters. The SMILES string of the molecule is CCOC1CC(NCc2cc(C)n(C)c2C)C1. The van der Waals surface area contributed by atoms with Crippen molar-refractivity contribution in [1.82, 2.24) is 9.88 Å². The third-order valence-electron chi connectivity index (χ3n) is 3.96. The van der Waals surface area contributed by atoms with Crippen LogP contribution in [0.1, 0.15) is 36.7 Å². The first-order valence-corrected chi connectivity index (χ1v) is 6.58. The van der Waals surface area contributed by atoms with E-state index >= 15 is 0 Å². The Hall–Kier alpha value is -0.800. The minimum atomic E-state index is 0.496. The monoisotopic (exact) mass is 236 g/mol. The van der Waals surface area contributed by atoms with E-state index in [1.807, 2.05) is 0 Å². The molecule has 0 saturated heterocycles. The summed E-state index contributed by atoms with van der Waals surface area (Å²) >= 11 is 0. The van der Waals surface area contributed by atoms with Crippen LogP contribution in [-0.4, -0.2) is 23.3 Å².